The molecule has 0 aromatic carbocycles. The van der Waals surface area contributed by atoms with Crippen LogP contribution in [0, 0.1) is 6.92 Å². The van der Waals surface area contributed by atoms with Crippen LogP contribution in [0.5, 0.6) is 0 Å². The van der Waals surface area contributed by atoms with Crippen molar-refractivity contribution in [2.24, 2.45) is 4.99 Å². The second kappa shape index (κ2) is 8.11. The van der Waals surface area contributed by atoms with Crippen LogP contribution in [-0.2, 0) is 11.3 Å². The summed E-state index contributed by atoms with van der Waals surface area (Å²) in [4.78, 5) is 7.18. The Balaban J connectivity index is 2.54. The molecule has 0 bridgehead atoms. The van der Waals surface area contributed by atoms with Crippen LogP contribution in [0.4, 0.5) is 0 Å². The lowest BCUT2D eigenvalue weighted by Crippen LogP contribution is -2.43. The Morgan fingerprint density at radius 2 is 2.28 bits per heavy atom. The van der Waals surface area contributed by atoms with Gasteiger partial charge in [-0.15, -0.1) is 11.3 Å². The van der Waals surface area contributed by atoms with Crippen LogP contribution in [0.3, 0.4) is 0 Å². The van der Waals surface area contributed by atoms with Gasteiger partial charge in [0.05, 0.1) is 13.2 Å². The molecule has 0 aliphatic carbocycles. The van der Waals surface area contributed by atoms with E-state index in [1.807, 2.05) is 0 Å². The number of aryl methyl sites for hydroxylation is 1. The molecule has 18 heavy (non-hydrogen) atoms. The van der Waals surface area contributed by atoms with Gasteiger partial charge in [0.1, 0.15) is 0 Å². The zero-order valence-corrected chi connectivity index (χ0v) is 12.4. The molecule has 102 valence electrons. The second-order valence-corrected chi connectivity index (χ2v) is 5.58. The monoisotopic (exact) mass is 269 g/mol. The van der Waals surface area contributed by atoms with Crippen molar-refractivity contribution in [2.45, 2.75) is 33.4 Å². The number of ether oxygens (including phenoxy) is 1. The zero-order chi connectivity index (χ0) is 13.4. The van der Waals surface area contributed by atoms with E-state index in [2.05, 4.69) is 48.5 Å². The lowest BCUT2D eigenvalue weighted by atomic mass is 10.4. The molecule has 0 fully saturated rings. The molecule has 0 saturated carbocycles. The number of nitrogens with one attached hydrogen (secondary N) is 2. The lowest BCUT2D eigenvalue weighted by molar-refractivity contribution is 0.179. The molecule has 0 aliphatic heterocycles. The summed E-state index contributed by atoms with van der Waals surface area (Å²) in [6, 6.07) is 4.51. The summed E-state index contributed by atoms with van der Waals surface area (Å²) in [5, 5.41) is 6.55. The SMILES string of the molecule is CCNC(=NCc1ccc(C)s1)NC(C)COC. The zero-order valence-electron chi connectivity index (χ0n) is 11.6. The lowest BCUT2D eigenvalue weighted by Gasteiger charge is -2.16. The molecule has 1 rings (SSSR count). The van der Waals surface area contributed by atoms with Crippen molar-refractivity contribution >= 4 is 17.3 Å². The van der Waals surface area contributed by atoms with Gasteiger partial charge in [-0.25, -0.2) is 4.99 Å². The Morgan fingerprint density at radius 1 is 1.50 bits per heavy atom. The van der Waals surface area contributed by atoms with Gasteiger partial charge >= 0.3 is 0 Å². The van der Waals surface area contributed by atoms with Gasteiger partial charge in [0.2, 0.25) is 0 Å². The fourth-order valence-corrected chi connectivity index (χ4v) is 2.39. The van der Waals surface area contributed by atoms with E-state index in [1.165, 1.54) is 9.75 Å². The highest BCUT2D eigenvalue weighted by Crippen LogP contribution is 2.15. The average Bonchev–Trinajstić information content (AvgIpc) is 2.73. The number of methoxy groups -OCH3 is 1. The van der Waals surface area contributed by atoms with Crippen LogP contribution in [0.1, 0.15) is 23.6 Å². The van der Waals surface area contributed by atoms with Gasteiger partial charge in [0, 0.05) is 29.5 Å². The number of hydrogen-bond acceptors (Lipinski definition) is 3. The topological polar surface area (TPSA) is 45.7 Å². The van der Waals surface area contributed by atoms with Crippen LogP contribution >= 0.6 is 11.3 Å². The molecule has 1 atom stereocenters. The molecule has 0 saturated heterocycles. The third kappa shape index (κ3) is 5.51. The Kier molecular flexibility index (Phi) is 6.75. The average molecular weight is 269 g/mol. The van der Waals surface area contributed by atoms with E-state index >= 15 is 0 Å². The van der Waals surface area contributed by atoms with E-state index in [-0.39, 0.29) is 6.04 Å². The summed E-state index contributed by atoms with van der Waals surface area (Å²) >= 11 is 1.79. The number of guanidine groups is 1. The fourth-order valence-electron chi connectivity index (χ4n) is 1.57. The Labute approximate surface area is 113 Å². The Morgan fingerprint density at radius 3 is 2.83 bits per heavy atom. The molecule has 5 heteroatoms. The molecule has 1 aromatic rings. The van der Waals surface area contributed by atoms with Crippen LogP contribution in [0.15, 0.2) is 17.1 Å². The minimum atomic E-state index is 0.248. The van der Waals surface area contributed by atoms with E-state index in [4.69, 9.17) is 4.74 Å². The summed E-state index contributed by atoms with van der Waals surface area (Å²) in [5.74, 6) is 0.841. The fraction of sp³-hybridized carbons (Fsp3) is 0.615. The molecule has 1 aromatic heterocycles. The number of nitrogens with zero attached hydrogens (tertiary/aromatic N) is 1. The molecule has 2 N–H and O–H groups in total. The van der Waals surface area contributed by atoms with Crippen molar-refractivity contribution in [3.05, 3.63) is 21.9 Å². The molecule has 0 spiro atoms. The maximum Gasteiger partial charge on any atom is 0.191 e. The summed E-state index contributed by atoms with van der Waals surface area (Å²) < 4.78 is 5.11. The summed E-state index contributed by atoms with van der Waals surface area (Å²) in [7, 11) is 1.71. The molecule has 1 unspecified atom stereocenters. The number of rotatable bonds is 6. The first-order chi connectivity index (χ1) is 8.65. The predicted molar refractivity (Wildman–Crippen MR) is 78.3 cm³/mol. The molecule has 4 nitrogen and oxygen atoms in total. The van der Waals surface area contributed by atoms with Crippen molar-refractivity contribution < 1.29 is 4.74 Å². The standard InChI is InChI=1S/C13H23N3OS/c1-5-14-13(16-10(2)9-17-4)15-8-12-7-6-11(3)18-12/h6-7,10H,5,8-9H2,1-4H3,(H2,14,15,16). The second-order valence-electron chi connectivity index (χ2n) is 4.21. The summed E-state index contributed by atoms with van der Waals surface area (Å²) in [6.45, 7) is 8.49. The number of hydrogen-bond donors (Lipinski definition) is 2. The van der Waals surface area contributed by atoms with Gasteiger partial charge in [0.15, 0.2) is 5.96 Å². The Bertz CT molecular complexity index is 376. The summed E-state index contributed by atoms with van der Waals surface area (Å²) in [5.41, 5.74) is 0. The molecular formula is C13H23N3OS. The smallest absolute Gasteiger partial charge is 0.191 e. The van der Waals surface area contributed by atoms with Crippen molar-refractivity contribution in [1.29, 1.82) is 0 Å². The maximum absolute atomic E-state index is 5.11. The van der Waals surface area contributed by atoms with Gasteiger partial charge in [-0.1, -0.05) is 0 Å². The molecular weight excluding hydrogens is 246 g/mol. The first kappa shape index (κ1) is 15.0. The van der Waals surface area contributed by atoms with Crippen LogP contribution in [-0.4, -0.2) is 32.3 Å². The van der Waals surface area contributed by atoms with Gasteiger partial charge < -0.3 is 15.4 Å². The number of thiophene rings is 1. The van der Waals surface area contributed by atoms with Crippen LogP contribution < -0.4 is 10.6 Å². The normalized spacial score (nSPS) is 13.4. The molecule has 1 heterocycles. The molecule has 0 radical (unpaired) electrons. The minimum absolute atomic E-state index is 0.248. The van der Waals surface area contributed by atoms with E-state index < -0.39 is 0 Å². The van der Waals surface area contributed by atoms with Crippen LogP contribution in [0.2, 0.25) is 0 Å². The maximum atomic E-state index is 5.11. The van der Waals surface area contributed by atoms with Crippen molar-refractivity contribution in [3.8, 4) is 0 Å². The third-order valence-electron chi connectivity index (χ3n) is 2.33. The third-order valence-corrected chi connectivity index (χ3v) is 3.32. The van der Waals surface area contributed by atoms with Gasteiger partial charge in [0.25, 0.3) is 0 Å². The quantitative estimate of drug-likeness (QED) is 0.614. The highest BCUT2D eigenvalue weighted by atomic mass is 32.1. The highest BCUT2D eigenvalue weighted by molar-refractivity contribution is 7.11. The first-order valence-corrected chi connectivity index (χ1v) is 7.06. The van der Waals surface area contributed by atoms with Crippen molar-refractivity contribution in [2.75, 3.05) is 20.3 Å². The van der Waals surface area contributed by atoms with Crippen molar-refractivity contribution in [3.63, 3.8) is 0 Å². The molecule has 0 aliphatic rings. The first-order valence-electron chi connectivity index (χ1n) is 6.24. The highest BCUT2D eigenvalue weighted by Gasteiger charge is 2.04. The largest absolute Gasteiger partial charge is 0.383 e. The minimum Gasteiger partial charge on any atom is -0.383 e. The predicted octanol–water partition coefficient (Wildman–Crippen LogP) is 2.15. The van der Waals surface area contributed by atoms with Crippen molar-refractivity contribution in [1.82, 2.24) is 10.6 Å². The summed E-state index contributed by atoms with van der Waals surface area (Å²) in [6.07, 6.45) is 0. The van der Waals surface area contributed by atoms with E-state index in [9.17, 15) is 0 Å². The van der Waals surface area contributed by atoms with E-state index in [0.717, 1.165) is 12.5 Å². The van der Waals surface area contributed by atoms with Crippen LogP contribution in [0.25, 0.3) is 0 Å². The van der Waals surface area contributed by atoms with Gasteiger partial charge in [-0.05, 0) is 32.9 Å². The van der Waals surface area contributed by atoms with Gasteiger partial charge in [-0.2, -0.15) is 0 Å². The molecule has 0 amide bonds. The Hall–Kier alpha value is -1.07. The number of aliphatic imine (C=N–C) groups is 1. The van der Waals surface area contributed by atoms with E-state index in [0.29, 0.717) is 13.2 Å². The van der Waals surface area contributed by atoms with E-state index in [1.54, 1.807) is 18.4 Å². The van der Waals surface area contributed by atoms with Gasteiger partial charge in [-0.3, -0.25) is 0 Å².